The molecule has 0 radical (unpaired) electrons. The van der Waals surface area contributed by atoms with Gasteiger partial charge in [0.2, 0.25) is 0 Å². The molecule has 0 aliphatic heterocycles. The Morgan fingerprint density at radius 1 is 1.19 bits per heavy atom. The number of carbonyl (C=O) groups is 1. The smallest absolute Gasteiger partial charge is 0.407 e. The maximum atomic E-state index is 12.1. The summed E-state index contributed by atoms with van der Waals surface area (Å²) in [7, 11) is 0. The molecule has 0 fully saturated rings. The number of aromatic hydroxyl groups is 1. The van der Waals surface area contributed by atoms with E-state index in [9.17, 15) is 9.90 Å². The van der Waals surface area contributed by atoms with E-state index in [-0.39, 0.29) is 11.8 Å². The number of benzene rings is 2. The van der Waals surface area contributed by atoms with Gasteiger partial charge in [-0.3, -0.25) is 0 Å². The van der Waals surface area contributed by atoms with E-state index < -0.39 is 11.7 Å². The first kappa shape index (κ1) is 23.1. The fourth-order valence-electron chi connectivity index (χ4n) is 3.01. The van der Waals surface area contributed by atoms with Gasteiger partial charge in [0.05, 0.1) is 11.1 Å². The van der Waals surface area contributed by atoms with Crippen molar-refractivity contribution >= 4 is 45.4 Å². The molecule has 1 aromatic heterocycles. The number of hydrogen-bond donors (Lipinski definition) is 3. The molecule has 0 bridgehead atoms. The Hall–Kier alpha value is -2.62. The Kier molecular flexibility index (Phi) is 7.19. The van der Waals surface area contributed by atoms with Crippen molar-refractivity contribution in [3.63, 3.8) is 0 Å². The maximum absolute atomic E-state index is 12.1. The number of para-hydroxylation sites is 1. The second-order valence-corrected chi connectivity index (χ2v) is 9.45. The molecule has 8 heteroatoms. The molecule has 0 unspecified atom stereocenters. The number of rotatable bonds is 6. The molecule has 1 heterocycles. The van der Waals surface area contributed by atoms with Gasteiger partial charge in [-0.2, -0.15) is 0 Å². The minimum atomic E-state index is -0.553. The van der Waals surface area contributed by atoms with Gasteiger partial charge in [-0.25, -0.2) is 14.8 Å². The van der Waals surface area contributed by atoms with E-state index in [1.165, 1.54) is 0 Å². The number of aromatic nitrogens is 2. The van der Waals surface area contributed by atoms with Crippen molar-refractivity contribution in [1.82, 2.24) is 15.3 Å². The van der Waals surface area contributed by atoms with Gasteiger partial charge in [-0.15, -0.1) is 0 Å². The Labute approximate surface area is 195 Å². The van der Waals surface area contributed by atoms with Crippen LogP contribution in [0, 0.1) is 3.57 Å². The highest BCUT2D eigenvalue weighted by molar-refractivity contribution is 14.1. The summed E-state index contributed by atoms with van der Waals surface area (Å²) in [5, 5.41) is 17.4. The van der Waals surface area contributed by atoms with Gasteiger partial charge in [0, 0.05) is 21.5 Å². The average molecular weight is 534 g/mol. The fraction of sp³-hybridized carbons (Fsp3) is 0.348. The van der Waals surface area contributed by atoms with Gasteiger partial charge in [0.25, 0.3) is 0 Å². The largest absolute Gasteiger partial charge is 0.507 e. The molecule has 1 atom stereocenters. The molecule has 1 amide bonds. The number of phenols is 1. The van der Waals surface area contributed by atoms with Crippen LogP contribution in [-0.2, 0) is 4.74 Å². The molecule has 3 rings (SSSR count). The molecule has 2 aromatic carbocycles. The summed E-state index contributed by atoms with van der Waals surface area (Å²) >= 11 is 2.19. The Morgan fingerprint density at radius 2 is 1.94 bits per heavy atom. The number of nitrogens with zero attached hydrogens (tertiary/aromatic N) is 2. The lowest BCUT2D eigenvalue weighted by molar-refractivity contribution is 0.0506. The summed E-state index contributed by atoms with van der Waals surface area (Å²) in [6, 6.07) is 12.9. The quantitative estimate of drug-likeness (QED) is 0.371. The van der Waals surface area contributed by atoms with Crippen LogP contribution in [0.25, 0.3) is 22.3 Å². The summed E-state index contributed by atoms with van der Waals surface area (Å²) in [5.74, 6) is 1.20. The molecule has 31 heavy (non-hydrogen) atoms. The molecule has 0 spiro atoms. The summed E-state index contributed by atoms with van der Waals surface area (Å²) in [4.78, 5) is 21.5. The van der Waals surface area contributed by atoms with Gasteiger partial charge in [0.15, 0.2) is 5.82 Å². The Morgan fingerprint density at radius 3 is 2.65 bits per heavy atom. The minimum Gasteiger partial charge on any atom is -0.507 e. The van der Waals surface area contributed by atoms with Crippen LogP contribution in [0.4, 0.5) is 10.6 Å². The topological polar surface area (TPSA) is 96.4 Å². The Bertz CT molecular complexity index is 1080. The summed E-state index contributed by atoms with van der Waals surface area (Å²) < 4.78 is 6.34. The molecule has 0 saturated carbocycles. The molecule has 7 nitrogen and oxygen atoms in total. The zero-order chi connectivity index (χ0) is 22.6. The fourth-order valence-corrected chi connectivity index (χ4v) is 3.50. The molecule has 3 aromatic rings. The predicted molar refractivity (Wildman–Crippen MR) is 131 cm³/mol. The van der Waals surface area contributed by atoms with Crippen LogP contribution in [0.5, 0.6) is 5.75 Å². The first-order valence-electron chi connectivity index (χ1n) is 10.2. The van der Waals surface area contributed by atoms with Gasteiger partial charge >= 0.3 is 6.09 Å². The second-order valence-electron chi connectivity index (χ2n) is 8.21. The molecular weight excluding hydrogens is 507 g/mol. The van der Waals surface area contributed by atoms with Crippen molar-refractivity contribution in [3.05, 3.63) is 46.0 Å². The molecule has 0 aliphatic carbocycles. The number of hydrogen-bond acceptors (Lipinski definition) is 6. The predicted octanol–water partition coefficient (Wildman–Crippen LogP) is 5.32. The number of halogens is 1. The number of ether oxygens (including phenoxy) is 1. The third-order valence-corrected chi connectivity index (χ3v) is 5.20. The molecule has 0 saturated heterocycles. The van der Waals surface area contributed by atoms with Gasteiger partial charge < -0.3 is 20.5 Å². The zero-order valence-corrected chi connectivity index (χ0v) is 20.2. The third-order valence-electron chi connectivity index (χ3n) is 4.53. The van der Waals surface area contributed by atoms with Crippen molar-refractivity contribution in [2.45, 2.75) is 45.8 Å². The number of amides is 1. The summed E-state index contributed by atoms with van der Waals surface area (Å²) in [6.45, 7) is 7.97. The van der Waals surface area contributed by atoms with Crippen LogP contribution >= 0.6 is 22.6 Å². The lowest BCUT2D eigenvalue weighted by Crippen LogP contribution is -2.42. The van der Waals surface area contributed by atoms with E-state index >= 15 is 0 Å². The Balaban J connectivity index is 1.87. The first-order valence-corrected chi connectivity index (χ1v) is 11.2. The standard InChI is InChI=1S/C23H27IN4O3/c1-5-15(26-22(30)31-23(2,3)4)13-25-20-16-8-6-7-9-18(16)27-21(28-20)17-12-14(24)10-11-19(17)29/h6-12,15,29H,5,13H2,1-4H3,(H,26,30)(H,25,27,28)/t15-/m1/s1. The zero-order valence-electron chi connectivity index (χ0n) is 18.1. The molecule has 0 aliphatic rings. The van der Waals surface area contributed by atoms with Crippen molar-refractivity contribution in [2.75, 3.05) is 11.9 Å². The van der Waals surface area contributed by atoms with E-state index in [1.54, 1.807) is 6.07 Å². The number of nitrogens with one attached hydrogen (secondary N) is 2. The van der Waals surface area contributed by atoms with Gasteiger partial charge in [-0.1, -0.05) is 19.1 Å². The van der Waals surface area contributed by atoms with Crippen molar-refractivity contribution in [3.8, 4) is 17.1 Å². The van der Waals surface area contributed by atoms with Crippen molar-refractivity contribution in [1.29, 1.82) is 0 Å². The van der Waals surface area contributed by atoms with E-state index in [1.807, 2.05) is 64.1 Å². The van der Waals surface area contributed by atoms with E-state index in [0.29, 0.717) is 23.8 Å². The van der Waals surface area contributed by atoms with Gasteiger partial charge in [-0.05, 0) is 80.1 Å². The van der Waals surface area contributed by atoms with E-state index in [0.717, 1.165) is 20.9 Å². The highest BCUT2D eigenvalue weighted by Crippen LogP contribution is 2.31. The van der Waals surface area contributed by atoms with Crippen molar-refractivity contribution < 1.29 is 14.6 Å². The number of phenolic OH excluding ortho intramolecular Hbond substituents is 1. The summed E-state index contributed by atoms with van der Waals surface area (Å²) in [6.07, 6.45) is 0.276. The first-order chi connectivity index (χ1) is 14.7. The minimum absolute atomic E-state index is 0.125. The second kappa shape index (κ2) is 9.67. The van der Waals surface area contributed by atoms with Crippen LogP contribution in [0.3, 0.4) is 0 Å². The number of alkyl carbamates (subject to hydrolysis) is 1. The summed E-state index contributed by atoms with van der Waals surface area (Å²) in [5.41, 5.74) is 0.781. The SMILES string of the molecule is CC[C@H](CNc1nc(-c2cc(I)ccc2O)nc2ccccc12)NC(=O)OC(C)(C)C. The van der Waals surface area contributed by atoms with Crippen LogP contribution in [0.1, 0.15) is 34.1 Å². The van der Waals surface area contributed by atoms with Crippen LogP contribution in [0.2, 0.25) is 0 Å². The van der Waals surface area contributed by atoms with Crippen LogP contribution in [-0.4, -0.2) is 39.4 Å². The number of carbonyl (C=O) groups excluding carboxylic acids is 1. The molecule has 164 valence electrons. The van der Waals surface area contributed by atoms with E-state index in [4.69, 9.17) is 4.74 Å². The molecule has 3 N–H and O–H groups in total. The average Bonchev–Trinajstić information content (AvgIpc) is 2.71. The number of fused-ring (bicyclic) bond motifs is 1. The third kappa shape index (κ3) is 6.19. The van der Waals surface area contributed by atoms with Crippen LogP contribution < -0.4 is 10.6 Å². The lowest BCUT2D eigenvalue weighted by atomic mass is 10.1. The van der Waals surface area contributed by atoms with Crippen LogP contribution in [0.15, 0.2) is 42.5 Å². The highest BCUT2D eigenvalue weighted by atomic mass is 127. The maximum Gasteiger partial charge on any atom is 0.407 e. The lowest BCUT2D eigenvalue weighted by Gasteiger charge is -2.23. The monoisotopic (exact) mass is 534 g/mol. The van der Waals surface area contributed by atoms with Crippen molar-refractivity contribution in [2.24, 2.45) is 0 Å². The number of anilines is 1. The van der Waals surface area contributed by atoms with Gasteiger partial charge in [0.1, 0.15) is 17.2 Å². The normalized spacial score (nSPS) is 12.4. The highest BCUT2D eigenvalue weighted by Gasteiger charge is 2.19. The van der Waals surface area contributed by atoms with E-state index in [2.05, 4.69) is 43.2 Å². The molecular formula is C23H27IN4O3.